The van der Waals surface area contributed by atoms with Crippen molar-refractivity contribution in [3.8, 4) is 5.75 Å². The lowest BCUT2D eigenvalue weighted by Gasteiger charge is -2.23. The van der Waals surface area contributed by atoms with Crippen LogP contribution in [0.4, 0.5) is 0 Å². The average molecular weight is 289 g/mol. The van der Waals surface area contributed by atoms with Crippen LogP contribution in [0.5, 0.6) is 5.75 Å². The lowest BCUT2D eigenvalue weighted by Crippen LogP contribution is -2.36. The van der Waals surface area contributed by atoms with Crippen LogP contribution in [0.1, 0.15) is 68.6 Å². The van der Waals surface area contributed by atoms with Crippen LogP contribution < -0.4 is 10.1 Å². The first-order valence-corrected chi connectivity index (χ1v) is 8.34. The van der Waals surface area contributed by atoms with E-state index in [1.807, 2.05) is 24.3 Å². The summed E-state index contributed by atoms with van der Waals surface area (Å²) in [4.78, 5) is 12.4. The van der Waals surface area contributed by atoms with E-state index in [-0.39, 0.29) is 5.91 Å². The van der Waals surface area contributed by atoms with E-state index < -0.39 is 0 Å². The minimum absolute atomic E-state index is 0.00740. The number of nitrogens with one attached hydrogen (secondary N) is 1. The zero-order valence-electron chi connectivity index (χ0n) is 13.1. The second-order valence-electron chi connectivity index (χ2n) is 5.86. The number of para-hydroxylation sites is 1. The van der Waals surface area contributed by atoms with Gasteiger partial charge in [-0.2, -0.15) is 0 Å². The predicted molar refractivity (Wildman–Crippen MR) is 85.8 cm³/mol. The van der Waals surface area contributed by atoms with E-state index in [2.05, 4.69) is 12.2 Å². The lowest BCUT2D eigenvalue weighted by molar-refractivity contribution is 0.0923. The quantitative estimate of drug-likeness (QED) is 0.759. The topological polar surface area (TPSA) is 38.3 Å². The zero-order valence-corrected chi connectivity index (χ0v) is 13.1. The second-order valence-corrected chi connectivity index (χ2v) is 5.86. The summed E-state index contributed by atoms with van der Waals surface area (Å²) in [6.45, 7) is 2.85. The van der Waals surface area contributed by atoms with Crippen LogP contribution in [0.3, 0.4) is 0 Å². The van der Waals surface area contributed by atoms with Gasteiger partial charge in [0, 0.05) is 6.04 Å². The van der Waals surface area contributed by atoms with E-state index >= 15 is 0 Å². The van der Waals surface area contributed by atoms with Crippen LogP contribution in [-0.2, 0) is 0 Å². The molecule has 0 aliphatic heterocycles. The highest BCUT2D eigenvalue weighted by atomic mass is 16.5. The van der Waals surface area contributed by atoms with Gasteiger partial charge >= 0.3 is 0 Å². The van der Waals surface area contributed by atoms with Crippen molar-refractivity contribution in [2.24, 2.45) is 0 Å². The highest BCUT2D eigenvalue weighted by molar-refractivity contribution is 5.97. The first-order valence-electron chi connectivity index (χ1n) is 8.34. The second kappa shape index (κ2) is 8.71. The summed E-state index contributed by atoms with van der Waals surface area (Å²) in [5, 5.41) is 3.16. The Labute approximate surface area is 128 Å². The van der Waals surface area contributed by atoms with Crippen molar-refractivity contribution < 1.29 is 9.53 Å². The molecule has 21 heavy (non-hydrogen) atoms. The SMILES string of the molecule is CCCCCOc1ccccc1C(=O)NC1CCCCC1. The first-order chi connectivity index (χ1) is 10.3. The normalized spacial score (nSPS) is 15.7. The van der Waals surface area contributed by atoms with Gasteiger partial charge < -0.3 is 10.1 Å². The van der Waals surface area contributed by atoms with Crippen LogP contribution in [-0.4, -0.2) is 18.6 Å². The molecule has 0 bridgehead atoms. The van der Waals surface area contributed by atoms with Gasteiger partial charge in [-0.1, -0.05) is 51.2 Å². The van der Waals surface area contributed by atoms with Gasteiger partial charge in [0.2, 0.25) is 0 Å². The number of hydrogen-bond donors (Lipinski definition) is 1. The summed E-state index contributed by atoms with van der Waals surface area (Å²) in [5.41, 5.74) is 0.666. The van der Waals surface area contributed by atoms with Crippen molar-refractivity contribution in [3.63, 3.8) is 0 Å². The van der Waals surface area contributed by atoms with E-state index in [1.54, 1.807) is 0 Å². The monoisotopic (exact) mass is 289 g/mol. The molecule has 0 heterocycles. The molecule has 116 valence electrons. The van der Waals surface area contributed by atoms with E-state index in [9.17, 15) is 4.79 Å². The number of carbonyl (C=O) groups is 1. The maximum absolute atomic E-state index is 12.4. The molecule has 0 spiro atoms. The third kappa shape index (κ3) is 5.07. The summed E-state index contributed by atoms with van der Waals surface area (Å²) in [5.74, 6) is 0.718. The molecule has 1 N–H and O–H groups in total. The van der Waals surface area contributed by atoms with Gasteiger partial charge in [0.15, 0.2) is 0 Å². The van der Waals surface area contributed by atoms with E-state index in [1.165, 1.54) is 25.7 Å². The highest BCUT2D eigenvalue weighted by Crippen LogP contribution is 2.21. The largest absolute Gasteiger partial charge is 0.493 e. The minimum atomic E-state index is 0.00740. The number of amides is 1. The fraction of sp³-hybridized carbons (Fsp3) is 0.611. The van der Waals surface area contributed by atoms with Gasteiger partial charge in [0.1, 0.15) is 5.75 Å². The Morgan fingerprint density at radius 2 is 1.95 bits per heavy atom. The molecular formula is C18H27NO2. The van der Waals surface area contributed by atoms with Crippen molar-refractivity contribution in [1.82, 2.24) is 5.32 Å². The molecule has 3 heteroatoms. The van der Waals surface area contributed by atoms with Crippen LogP contribution in [0.25, 0.3) is 0 Å². The fourth-order valence-electron chi connectivity index (χ4n) is 2.82. The van der Waals surface area contributed by atoms with E-state index in [0.717, 1.165) is 25.7 Å². The number of carbonyl (C=O) groups excluding carboxylic acids is 1. The smallest absolute Gasteiger partial charge is 0.255 e. The summed E-state index contributed by atoms with van der Waals surface area (Å²) in [7, 11) is 0. The number of ether oxygens (including phenoxy) is 1. The molecule has 0 atom stereocenters. The molecule has 0 unspecified atom stereocenters. The van der Waals surface area contributed by atoms with Gasteiger partial charge in [0.05, 0.1) is 12.2 Å². The first kappa shape index (κ1) is 15.9. The number of rotatable bonds is 7. The highest BCUT2D eigenvalue weighted by Gasteiger charge is 2.18. The standard InChI is InChI=1S/C18H27NO2/c1-2-3-9-14-21-17-13-8-7-12-16(17)18(20)19-15-10-5-4-6-11-15/h7-8,12-13,15H,2-6,9-11,14H2,1H3,(H,19,20). The van der Waals surface area contributed by atoms with Crippen LogP contribution in [0.2, 0.25) is 0 Å². The molecule has 1 aliphatic rings. The van der Waals surface area contributed by atoms with Gasteiger partial charge in [-0.3, -0.25) is 4.79 Å². The molecule has 0 aromatic heterocycles. The Bertz CT molecular complexity index is 439. The third-order valence-electron chi connectivity index (χ3n) is 4.08. The maximum atomic E-state index is 12.4. The number of unbranched alkanes of at least 4 members (excludes halogenated alkanes) is 2. The molecule has 1 aromatic carbocycles. The molecular weight excluding hydrogens is 262 g/mol. The number of benzene rings is 1. The Balaban J connectivity index is 1.92. The van der Waals surface area contributed by atoms with Crippen LogP contribution >= 0.6 is 0 Å². The van der Waals surface area contributed by atoms with Gasteiger partial charge in [-0.15, -0.1) is 0 Å². The molecule has 1 fully saturated rings. The Morgan fingerprint density at radius 3 is 2.71 bits per heavy atom. The van der Waals surface area contributed by atoms with Crippen molar-refractivity contribution in [2.45, 2.75) is 64.3 Å². The zero-order chi connectivity index (χ0) is 14.9. The van der Waals surface area contributed by atoms with E-state index in [0.29, 0.717) is 24.0 Å². The predicted octanol–water partition coefficient (Wildman–Crippen LogP) is 4.32. The summed E-state index contributed by atoms with van der Waals surface area (Å²) >= 11 is 0. The Morgan fingerprint density at radius 1 is 1.19 bits per heavy atom. The summed E-state index contributed by atoms with van der Waals surface area (Å²) in [6.07, 6.45) is 9.32. The maximum Gasteiger partial charge on any atom is 0.255 e. The van der Waals surface area contributed by atoms with Crippen molar-refractivity contribution in [1.29, 1.82) is 0 Å². The van der Waals surface area contributed by atoms with Gasteiger partial charge in [-0.05, 0) is 31.4 Å². The minimum Gasteiger partial charge on any atom is -0.493 e. The average Bonchev–Trinajstić information content (AvgIpc) is 2.53. The van der Waals surface area contributed by atoms with Crippen molar-refractivity contribution >= 4 is 5.91 Å². The van der Waals surface area contributed by atoms with Gasteiger partial charge in [-0.25, -0.2) is 0 Å². The third-order valence-corrected chi connectivity index (χ3v) is 4.08. The summed E-state index contributed by atoms with van der Waals surface area (Å²) < 4.78 is 5.79. The van der Waals surface area contributed by atoms with Crippen molar-refractivity contribution in [3.05, 3.63) is 29.8 Å². The van der Waals surface area contributed by atoms with Gasteiger partial charge in [0.25, 0.3) is 5.91 Å². The molecule has 1 aromatic rings. The lowest BCUT2D eigenvalue weighted by atomic mass is 9.95. The van der Waals surface area contributed by atoms with Crippen LogP contribution in [0.15, 0.2) is 24.3 Å². The van der Waals surface area contributed by atoms with Crippen molar-refractivity contribution in [2.75, 3.05) is 6.61 Å². The molecule has 3 nitrogen and oxygen atoms in total. The molecule has 0 saturated heterocycles. The molecule has 2 rings (SSSR count). The van der Waals surface area contributed by atoms with Crippen LogP contribution in [0, 0.1) is 0 Å². The Kier molecular flexibility index (Phi) is 6.58. The Hall–Kier alpha value is -1.51. The molecule has 1 aliphatic carbocycles. The fourth-order valence-corrected chi connectivity index (χ4v) is 2.82. The molecule has 1 amide bonds. The summed E-state index contributed by atoms with van der Waals surface area (Å²) in [6, 6.07) is 7.90. The number of hydrogen-bond acceptors (Lipinski definition) is 2. The molecule has 0 radical (unpaired) electrons. The van der Waals surface area contributed by atoms with E-state index in [4.69, 9.17) is 4.74 Å². The molecule has 1 saturated carbocycles.